The number of nitrogens with one attached hydrogen (secondary N) is 1. The van der Waals surface area contributed by atoms with Crippen LogP contribution in [0.15, 0.2) is 42.5 Å². The van der Waals surface area contributed by atoms with Crippen molar-refractivity contribution in [1.29, 1.82) is 0 Å². The van der Waals surface area contributed by atoms with Crippen LogP contribution in [0.1, 0.15) is 24.5 Å². The van der Waals surface area contributed by atoms with E-state index < -0.39 is 0 Å². The molecule has 0 bridgehead atoms. The molecule has 0 aliphatic carbocycles. The highest BCUT2D eigenvalue weighted by atomic mass is 19.1. The summed E-state index contributed by atoms with van der Waals surface area (Å²) in [6.07, 6.45) is 0.826. The Balaban J connectivity index is 1.43. The van der Waals surface area contributed by atoms with Gasteiger partial charge in [-0.3, -0.25) is 9.59 Å². The summed E-state index contributed by atoms with van der Waals surface area (Å²) in [6, 6.07) is 11.7. The van der Waals surface area contributed by atoms with E-state index in [9.17, 15) is 14.0 Å². The van der Waals surface area contributed by atoms with Gasteiger partial charge in [-0.2, -0.15) is 0 Å². The van der Waals surface area contributed by atoms with Crippen molar-refractivity contribution in [1.82, 2.24) is 10.2 Å². The van der Waals surface area contributed by atoms with E-state index in [1.807, 2.05) is 18.2 Å². The number of rotatable bonds is 8. The summed E-state index contributed by atoms with van der Waals surface area (Å²) in [5, 5.41) is 2.85. The van der Waals surface area contributed by atoms with Gasteiger partial charge < -0.3 is 19.7 Å². The predicted molar refractivity (Wildman–Crippen MR) is 101 cm³/mol. The Kier molecular flexibility index (Phi) is 6.47. The summed E-state index contributed by atoms with van der Waals surface area (Å²) in [5.74, 6) is 0.867. The van der Waals surface area contributed by atoms with Crippen LogP contribution in [0.4, 0.5) is 4.39 Å². The minimum absolute atomic E-state index is 0.0920. The van der Waals surface area contributed by atoms with Crippen molar-refractivity contribution in [3.05, 3.63) is 59.4 Å². The molecule has 0 saturated carbocycles. The van der Waals surface area contributed by atoms with E-state index in [0.717, 1.165) is 11.1 Å². The molecule has 6 nitrogen and oxygen atoms in total. The van der Waals surface area contributed by atoms with Gasteiger partial charge in [0.05, 0.1) is 0 Å². The lowest BCUT2D eigenvalue weighted by atomic mass is 10.1. The van der Waals surface area contributed by atoms with Crippen LogP contribution < -0.4 is 14.8 Å². The first-order chi connectivity index (χ1) is 13.5. The Hall–Kier alpha value is -3.09. The second-order valence-electron chi connectivity index (χ2n) is 6.60. The van der Waals surface area contributed by atoms with Gasteiger partial charge in [0.15, 0.2) is 11.5 Å². The van der Waals surface area contributed by atoms with Crippen LogP contribution in [-0.4, -0.2) is 36.6 Å². The van der Waals surface area contributed by atoms with Gasteiger partial charge in [-0.15, -0.1) is 0 Å². The minimum Gasteiger partial charge on any atom is -0.454 e. The molecule has 0 unspecified atom stereocenters. The molecule has 0 spiro atoms. The van der Waals surface area contributed by atoms with Gasteiger partial charge in [0.2, 0.25) is 18.6 Å². The molecule has 0 atom stereocenters. The molecule has 3 rings (SSSR count). The highest BCUT2D eigenvalue weighted by Gasteiger charge is 2.14. The lowest BCUT2D eigenvalue weighted by Gasteiger charge is -2.21. The molecule has 1 N–H and O–H groups in total. The van der Waals surface area contributed by atoms with Crippen LogP contribution in [0.25, 0.3) is 0 Å². The van der Waals surface area contributed by atoms with E-state index in [-0.39, 0.29) is 30.8 Å². The second-order valence-corrected chi connectivity index (χ2v) is 6.60. The summed E-state index contributed by atoms with van der Waals surface area (Å²) in [7, 11) is 0. The predicted octanol–water partition coefficient (Wildman–Crippen LogP) is 2.65. The van der Waals surface area contributed by atoms with Gasteiger partial charge in [-0.1, -0.05) is 18.2 Å². The number of fused-ring (bicyclic) bond motifs is 1. The fraction of sp³-hybridized carbons (Fsp3) is 0.333. The van der Waals surface area contributed by atoms with Crippen molar-refractivity contribution in [3.8, 4) is 11.5 Å². The van der Waals surface area contributed by atoms with Gasteiger partial charge >= 0.3 is 0 Å². The van der Waals surface area contributed by atoms with E-state index in [1.165, 1.54) is 19.1 Å². The molecule has 1 aliphatic heterocycles. The number of ether oxygens (including phenoxy) is 2. The maximum Gasteiger partial charge on any atom is 0.231 e. The lowest BCUT2D eigenvalue weighted by Crippen LogP contribution is -2.35. The Morgan fingerprint density at radius 3 is 2.50 bits per heavy atom. The molecule has 0 radical (unpaired) electrons. The fourth-order valence-corrected chi connectivity index (χ4v) is 2.92. The number of benzene rings is 2. The molecule has 7 heteroatoms. The number of hydrogen-bond acceptors (Lipinski definition) is 4. The summed E-state index contributed by atoms with van der Waals surface area (Å²) in [6.45, 7) is 2.89. The van der Waals surface area contributed by atoms with E-state index in [4.69, 9.17) is 9.47 Å². The van der Waals surface area contributed by atoms with Crippen LogP contribution in [0.2, 0.25) is 0 Å². The molecule has 2 amide bonds. The number of hydrogen-bond donors (Lipinski definition) is 1. The zero-order valence-electron chi connectivity index (χ0n) is 15.7. The van der Waals surface area contributed by atoms with Crippen molar-refractivity contribution in [2.45, 2.75) is 26.3 Å². The van der Waals surface area contributed by atoms with Crippen LogP contribution in [0.3, 0.4) is 0 Å². The molecule has 2 aromatic rings. The van der Waals surface area contributed by atoms with E-state index in [1.54, 1.807) is 17.0 Å². The third-order valence-corrected chi connectivity index (χ3v) is 4.56. The first-order valence-corrected chi connectivity index (χ1v) is 9.16. The van der Waals surface area contributed by atoms with Crippen LogP contribution in [-0.2, 0) is 22.6 Å². The number of carbonyl (C=O) groups is 2. The maximum absolute atomic E-state index is 13.0. The second kappa shape index (κ2) is 9.21. The summed E-state index contributed by atoms with van der Waals surface area (Å²) < 4.78 is 23.5. The Morgan fingerprint density at radius 2 is 1.75 bits per heavy atom. The zero-order valence-corrected chi connectivity index (χ0v) is 15.7. The zero-order chi connectivity index (χ0) is 19.9. The van der Waals surface area contributed by atoms with Crippen molar-refractivity contribution in [3.63, 3.8) is 0 Å². The highest BCUT2D eigenvalue weighted by molar-refractivity contribution is 5.78. The average molecular weight is 386 g/mol. The molecule has 1 aliphatic rings. The third-order valence-electron chi connectivity index (χ3n) is 4.56. The van der Waals surface area contributed by atoms with E-state index in [0.29, 0.717) is 37.6 Å². The lowest BCUT2D eigenvalue weighted by molar-refractivity contribution is -0.129. The topological polar surface area (TPSA) is 67.9 Å². The van der Waals surface area contributed by atoms with Crippen LogP contribution >= 0.6 is 0 Å². The molecular weight excluding hydrogens is 363 g/mol. The Labute approximate surface area is 163 Å². The van der Waals surface area contributed by atoms with Crippen LogP contribution in [0.5, 0.6) is 11.5 Å². The quantitative estimate of drug-likeness (QED) is 0.757. The fourth-order valence-electron chi connectivity index (χ4n) is 2.92. The molecule has 28 heavy (non-hydrogen) atoms. The monoisotopic (exact) mass is 386 g/mol. The number of carbonyl (C=O) groups excluding carboxylic acids is 2. The van der Waals surface area contributed by atoms with Crippen molar-refractivity contribution in [2.75, 3.05) is 19.9 Å². The summed E-state index contributed by atoms with van der Waals surface area (Å²) >= 11 is 0. The smallest absolute Gasteiger partial charge is 0.231 e. The first-order valence-electron chi connectivity index (χ1n) is 9.16. The van der Waals surface area contributed by atoms with E-state index in [2.05, 4.69) is 5.32 Å². The molecule has 0 fully saturated rings. The molecule has 2 aromatic carbocycles. The van der Waals surface area contributed by atoms with Gasteiger partial charge in [0.1, 0.15) is 5.82 Å². The Morgan fingerprint density at radius 1 is 1.04 bits per heavy atom. The number of amides is 2. The molecule has 0 aromatic heterocycles. The van der Waals surface area contributed by atoms with Crippen LogP contribution in [0, 0.1) is 5.82 Å². The van der Waals surface area contributed by atoms with Crippen molar-refractivity contribution < 1.29 is 23.5 Å². The number of nitrogens with zero attached hydrogens (tertiary/aromatic N) is 1. The van der Waals surface area contributed by atoms with Gasteiger partial charge in [-0.05, 0) is 41.8 Å². The van der Waals surface area contributed by atoms with Gasteiger partial charge in [0, 0.05) is 33.0 Å². The minimum atomic E-state index is -0.286. The molecule has 0 saturated heterocycles. The SMILES string of the molecule is CC(=O)N(CCC(=O)NCc1ccc2c(c1)OCO2)CCc1ccc(F)cc1. The largest absolute Gasteiger partial charge is 0.454 e. The summed E-state index contributed by atoms with van der Waals surface area (Å²) in [5.41, 5.74) is 1.86. The molecular formula is C21H23FN2O4. The van der Waals surface area contributed by atoms with Crippen molar-refractivity contribution in [2.24, 2.45) is 0 Å². The third kappa shape index (κ3) is 5.45. The van der Waals surface area contributed by atoms with Gasteiger partial charge in [-0.25, -0.2) is 4.39 Å². The maximum atomic E-state index is 13.0. The normalized spacial score (nSPS) is 11.9. The Bertz CT molecular complexity index is 839. The van der Waals surface area contributed by atoms with Crippen molar-refractivity contribution >= 4 is 11.8 Å². The molecule has 148 valence electrons. The highest BCUT2D eigenvalue weighted by Crippen LogP contribution is 2.32. The number of halogens is 1. The van der Waals surface area contributed by atoms with E-state index >= 15 is 0 Å². The summed E-state index contributed by atoms with van der Waals surface area (Å²) in [4.78, 5) is 25.6. The average Bonchev–Trinajstić information content (AvgIpc) is 3.15. The standard InChI is InChI=1S/C21H23FN2O4/c1-15(25)24(10-8-16-2-5-18(22)6-3-16)11-9-21(26)23-13-17-4-7-19-20(12-17)28-14-27-19/h2-7,12H,8-11,13-14H2,1H3,(H,23,26). The molecule has 1 heterocycles. The van der Waals surface area contributed by atoms with Gasteiger partial charge in [0.25, 0.3) is 0 Å². The first kappa shape index (κ1) is 19.7.